The molecular weight excluding hydrogens is 907 g/mol. The van der Waals surface area contributed by atoms with Crippen LogP contribution in [0.2, 0.25) is 0 Å². The van der Waals surface area contributed by atoms with E-state index in [4.69, 9.17) is 34.6 Å². The molecule has 0 aliphatic heterocycles. The third kappa shape index (κ3) is 12.3. The van der Waals surface area contributed by atoms with Gasteiger partial charge in [-0.2, -0.15) is 8.42 Å². The number of anilines is 1. The Kier molecular flexibility index (Phi) is 17.3. The summed E-state index contributed by atoms with van der Waals surface area (Å²) in [7, 11) is -11.9. The number of hydrogen-bond donors (Lipinski definition) is 6. The maximum atomic E-state index is 12.9. The largest absolute Gasteiger partial charge is 0.505 e. The number of nitrogens with zero attached hydrogens (tertiary/aromatic N) is 4. The number of phenolic OH excluding ortho intramolecular Hbond substituents is 1. The van der Waals surface area contributed by atoms with Crippen molar-refractivity contribution in [3.05, 3.63) is 54.6 Å². The van der Waals surface area contributed by atoms with Gasteiger partial charge < -0.3 is 15.6 Å². The highest BCUT2D eigenvalue weighted by molar-refractivity contribution is 7.94. The van der Waals surface area contributed by atoms with Crippen molar-refractivity contribution in [2.45, 2.75) is 19.6 Å². The highest BCUT2D eigenvalue weighted by atomic mass is 32.2. The lowest BCUT2D eigenvalue weighted by molar-refractivity contribution is -0.434. The first-order valence-electron chi connectivity index (χ1n) is 14.9. The zero-order valence-corrected chi connectivity index (χ0v) is 33.6. The van der Waals surface area contributed by atoms with Gasteiger partial charge in [-0.1, -0.05) is 15.1 Å². The van der Waals surface area contributed by atoms with Gasteiger partial charge in [0.05, 0.1) is 64.2 Å². The van der Waals surface area contributed by atoms with Crippen molar-refractivity contribution in [3.63, 3.8) is 0 Å². The van der Waals surface area contributed by atoms with Crippen LogP contribution in [0, 0.1) is 0 Å². The molecule has 4 aromatic carbocycles. The van der Waals surface area contributed by atoms with Gasteiger partial charge in [0.15, 0.2) is 50.1 Å². The summed E-state index contributed by atoms with van der Waals surface area (Å²) < 4.78 is 113. The van der Waals surface area contributed by atoms with Gasteiger partial charge in [-0.15, -0.1) is 33.5 Å². The zero-order chi connectivity index (χ0) is 42.5. The van der Waals surface area contributed by atoms with Gasteiger partial charge >= 0.3 is 0 Å². The molecule has 4 aromatic rings. The molecule has 0 atom stereocenters. The third-order valence-corrected chi connectivity index (χ3v) is 12.7. The maximum absolute atomic E-state index is 12.9. The van der Waals surface area contributed by atoms with Crippen LogP contribution >= 0.6 is 36.7 Å². The number of aromatic hydroxyl groups is 1. The van der Waals surface area contributed by atoms with E-state index in [2.05, 4.69) is 48.6 Å². The SMILES string of the molecule is COc1ccc(S(=O)(=O)CCOSOOO)cc1/N=N/c1c(SOOO)cc2c(/N=N/c3cc(S(=O)(=O)CCOSOOO)ccc3S(=O)(=O)O)c(N)ccc2c1O. The number of sulfone groups is 2. The number of hydrogen-bond acceptors (Lipinski definition) is 27. The Morgan fingerprint density at radius 3 is 1.79 bits per heavy atom. The van der Waals surface area contributed by atoms with Crippen molar-refractivity contribution in [2.75, 3.05) is 37.6 Å². The molecule has 0 aliphatic carbocycles. The van der Waals surface area contributed by atoms with Crippen LogP contribution in [-0.2, 0) is 66.3 Å². The van der Waals surface area contributed by atoms with Crippen LogP contribution < -0.4 is 10.5 Å². The standard InChI is InChI=1S/C27H27N5O20S6/c1-44-22-6-2-15(56(37,38)10-8-45-54-51-48-35)12-20(22)29-32-26-23(53-50-47-34)14-18-17(27(26)33)4-5-19(28)25(18)31-30-21-13-16(3-7-24(21)58(41,42)43)57(39,40)11-9-46-55-52-49-36/h2-7,12-14,33-36H,8-11,28H2,1H3,(H,41,42,43)/b31-30+,32-29+. The van der Waals surface area contributed by atoms with Gasteiger partial charge in [-0.3, -0.25) is 12.9 Å². The Labute approximate surface area is 339 Å². The van der Waals surface area contributed by atoms with Gasteiger partial charge in [-0.25, -0.2) is 32.6 Å². The number of ether oxygens (including phenoxy) is 1. The van der Waals surface area contributed by atoms with E-state index < -0.39 is 69.1 Å². The van der Waals surface area contributed by atoms with E-state index in [0.717, 1.165) is 24.3 Å². The van der Waals surface area contributed by atoms with Crippen LogP contribution in [0.4, 0.5) is 28.4 Å². The van der Waals surface area contributed by atoms with E-state index in [0.29, 0.717) is 12.0 Å². The van der Waals surface area contributed by atoms with Crippen LogP contribution in [0.1, 0.15) is 0 Å². The fourth-order valence-electron chi connectivity index (χ4n) is 4.54. The lowest BCUT2D eigenvalue weighted by Gasteiger charge is -2.12. The average Bonchev–Trinajstić information content (AvgIpc) is 3.18. The molecule has 0 bridgehead atoms. The average molecular weight is 934 g/mol. The molecule has 0 spiro atoms. The molecule has 31 heteroatoms. The van der Waals surface area contributed by atoms with Gasteiger partial charge in [0, 0.05) is 10.8 Å². The Morgan fingerprint density at radius 2 is 1.22 bits per heavy atom. The molecule has 0 unspecified atom stereocenters. The summed E-state index contributed by atoms with van der Waals surface area (Å²) in [4.78, 5) is -1.68. The van der Waals surface area contributed by atoms with Crippen molar-refractivity contribution < 1.29 is 91.9 Å². The second-order valence-electron chi connectivity index (χ2n) is 10.4. The zero-order valence-electron chi connectivity index (χ0n) is 28.7. The normalized spacial score (nSPS) is 12.6. The Bertz CT molecular complexity index is 2480. The van der Waals surface area contributed by atoms with Crippen LogP contribution in [0.3, 0.4) is 0 Å². The first-order chi connectivity index (χ1) is 27.6. The summed E-state index contributed by atoms with van der Waals surface area (Å²) in [6.07, 6.45) is 0. The second-order valence-corrected chi connectivity index (χ2v) is 17.8. The maximum Gasteiger partial charge on any atom is 0.296 e. The number of phenols is 1. The fourth-order valence-corrected chi connectivity index (χ4v) is 8.48. The smallest absolute Gasteiger partial charge is 0.296 e. The number of rotatable bonds is 23. The molecule has 0 amide bonds. The first-order valence-corrected chi connectivity index (χ1v) is 21.7. The van der Waals surface area contributed by atoms with Crippen LogP contribution in [0.15, 0.2) is 94.6 Å². The van der Waals surface area contributed by atoms with E-state index in [1.54, 1.807) is 0 Å². The number of nitrogen functional groups attached to an aromatic ring is 1. The number of azo groups is 2. The molecule has 58 heavy (non-hydrogen) atoms. The predicted octanol–water partition coefficient (Wildman–Crippen LogP) is 6.19. The quantitative estimate of drug-likeness (QED) is 0.00917. The van der Waals surface area contributed by atoms with Crippen molar-refractivity contribution in [3.8, 4) is 11.5 Å². The molecule has 0 aromatic heterocycles. The second kappa shape index (κ2) is 21.4. The molecule has 0 saturated carbocycles. The van der Waals surface area contributed by atoms with E-state index in [-0.39, 0.29) is 80.3 Å². The van der Waals surface area contributed by atoms with Crippen molar-refractivity contribution >= 4 is 106 Å². The number of benzene rings is 4. The Balaban J connectivity index is 1.78. The monoisotopic (exact) mass is 933 g/mol. The summed E-state index contributed by atoms with van der Waals surface area (Å²) >= 11 is 0.615. The van der Waals surface area contributed by atoms with Gasteiger partial charge in [0.25, 0.3) is 10.1 Å². The Morgan fingerprint density at radius 1 is 0.672 bits per heavy atom. The minimum Gasteiger partial charge on any atom is -0.505 e. The van der Waals surface area contributed by atoms with Crippen LogP contribution in [0.25, 0.3) is 10.8 Å². The number of methoxy groups -OCH3 is 1. The summed E-state index contributed by atoms with van der Waals surface area (Å²) in [6.45, 7) is -0.858. The highest BCUT2D eigenvalue weighted by Gasteiger charge is 2.24. The van der Waals surface area contributed by atoms with Gasteiger partial charge in [0.1, 0.15) is 33.4 Å². The predicted molar refractivity (Wildman–Crippen MR) is 199 cm³/mol. The number of nitrogens with two attached hydrogens (primary N) is 1. The summed E-state index contributed by atoms with van der Waals surface area (Å²) in [5.41, 5.74) is 4.73. The minimum atomic E-state index is -5.01. The minimum absolute atomic E-state index is 0.00727. The Hall–Kier alpha value is -3.84. The van der Waals surface area contributed by atoms with Gasteiger partial charge in [0.2, 0.25) is 0 Å². The third-order valence-electron chi connectivity index (χ3n) is 7.07. The van der Waals surface area contributed by atoms with Crippen LogP contribution in [0.5, 0.6) is 11.5 Å². The lowest BCUT2D eigenvalue weighted by Crippen LogP contribution is -2.11. The molecule has 316 valence electrons. The van der Waals surface area contributed by atoms with Gasteiger partial charge in [-0.05, 0) is 54.6 Å². The molecule has 4 rings (SSSR count). The van der Waals surface area contributed by atoms with Crippen molar-refractivity contribution in [1.29, 1.82) is 0 Å². The topological polar surface area (TPSA) is 362 Å². The highest BCUT2D eigenvalue weighted by Crippen LogP contribution is 2.48. The molecule has 25 nitrogen and oxygen atoms in total. The van der Waals surface area contributed by atoms with Crippen molar-refractivity contribution in [2.24, 2.45) is 20.5 Å². The summed E-state index contributed by atoms with van der Waals surface area (Å²) in [6, 6.07) is 9.96. The van der Waals surface area contributed by atoms with E-state index >= 15 is 0 Å². The molecule has 0 heterocycles. The fraction of sp³-hybridized carbons (Fsp3) is 0.185. The van der Waals surface area contributed by atoms with Crippen molar-refractivity contribution in [1.82, 2.24) is 0 Å². The molecule has 7 N–H and O–H groups in total. The molecule has 0 radical (unpaired) electrons. The summed E-state index contributed by atoms with van der Waals surface area (Å²) in [5, 5.41) is 63.0. The summed E-state index contributed by atoms with van der Waals surface area (Å²) in [5.74, 6) is -1.77. The molecule has 0 fully saturated rings. The molecular formula is C27H27N5O20S6. The molecule has 0 aliphatic rings. The van der Waals surface area contributed by atoms with E-state index in [1.807, 2.05) is 0 Å². The number of fused-ring (bicyclic) bond motifs is 1. The van der Waals surface area contributed by atoms with E-state index in [1.165, 1.54) is 37.4 Å². The van der Waals surface area contributed by atoms with Crippen LogP contribution in [-0.4, -0.2) is 82.5 Å². The lowest BCUT2D eigenvalue weighted by atomic mass is 10.1. The van der Waals surface area contributed by atoms with E-state index in [9.17, 15) is 34.9 Å². The molecule has 0 saturated heterocycles. The first kappa shape index (κ1) is 46.8.